The van der Waals surface area contributed by atoms with Gasteiger partial charge < -0.3 is 35.6 Å². The van der Waals surface area contributed by atoms with Crippen molar-refractivity contribution < 1.29 is 48.8 Å². The van der Waals surface area contributed by atoms with Crippen LogP contribution in [-0.2, 0) is 35.1 Å². The highest BCUT2D eigenvalue weighted by Gasteiger charge is 2.21. The summed E-state index contributed by atoms with van der Waals surface area (Å²) in [6, 6.07) is 8.29. The highest BCUT2D eigenvalue weighted by Crippen LogP contribution is 2.02. The van der Waals surface area contributed by atoms with Crippen LogP contribution in [0.2, 0.25) is 0 Å². The van der Waals surface area contributed by atoms with Crippen LogP contribution in [0.15, 0.2) is 30.3 Å². The Kier molecular flexibility index (Phi) is 28.4. The molecule has 0 fully saturated rings. The maximum atomic E-state index is 12.0. The van der Waals surface area contributed by atoms with E-state index in [2.05, 4.69) is 17.0 Å². The summed E-state index contributed by atoms with van der Waals surface area (Å²) in [4.78, 5) is 66.6. The fraction of sp³-hybridized carbons (Fsp3) is 0.556. The second-order valence-electron chi connectivity index (χ2n) is 7.66. The molecule has 1 unspecified atom stereocenters. The highest BCUT2D eigenvalue weighted by molar-refractivity contribution is 5.81. The monoisotopic (exact) mass is 571 g/mol. The van der Waals surface area contributed by atoms with Gasteiger partial charge in [-0.2, -0.15) is 0 Å². The zero-order valence-electron chi connectivity index (χ0n) is 24.1. The number of hydrogen-bond acceptors (Lipinski definition) is 8. The van der Waals surface area contributed by atoms with Gasteiger partial charge in [0.1, 0.15) is 12.6 Å². The number of aliphatic carboxylic acids is 2. The summed E-state index contributed by atoms with van der Waals surface area (Å²) in [5.74, 6) is -2.49. The van der Waals surface area contributed by atoms with Gasteiger partial charge in [-0.1, -0.05) is 57.5 Å². The minimum absolute atomic E-state index is 0.0119. The van der Waals surface area contributed by atoms with Gasteiger partial charge >= 0.3 is 18.0 Å². The van der Waals surface area contributed by atoms with E-state index in [1.807, 2.05) is 49.5 Å². The second-order valence-corrected chi connectivity index (χ2v) is 7.66. The number of rotatable bonds is 15. The number of nitrogens with one attached hydrogen (secondary N) is 2. The average molecular weight is 572 g/mol. The Labute approximate surface area is 235 Å². The normalized spacial score (nSPS) is 9.85. The van der Waals surface area contributed by atoms with Crippen molar-refractivity contribution in [3.05, 3.63) is 35.9 Å². The van der Waals surface area contributed by atoms with Gasteiger partial charge in [0.05, 0.1) is 6.42 Å². The number of carbonyl (C=O) groups excluding carboxylic acids is 4. The van der Waals surface area contributed by atoms with Crippen molar-refractivity contribution in [3.63, 3.8) is 0 Å². The summed E-state index contributed by atoms with van der Waals surface area (Å²) in [6.07, 6.45) is 1.39. The number of carboxylic acids is 2. The number of hydrogen-bond donors (Lipinski definition) is 5. The molecule has 1 atom stereocenters. The quantitative estimate of drug-likeness (QED) is 0.153. The van der Waals surface area contributed by atoms with Crippen molar-refractivity contribution in [3.8, 4) is 0 Å². The molecule has 0 aliphatic carbocycles. The molecule has 1 aromatic rings. The van der Waals surface area contributed by atoms with Gasteiger partial charge in [0.25, 0.3) is 0 Å². The lowest BCUT2D eigenvalue weighted by Gasteiger charge is -2.17. The summed E-state index contributed by atoms with van der Waals surface area (Å²) >= 11 is 0. The van der Waals surface area contributed by atoms with Crippen LogP contribution in [0.3, 0.4) is 0 Å². The second kappa shape index (κ2) is 28.0. The molecule has 40 heavy (non-hydrogen) atoms. The van der Waals surface area contributed by atoms with Gasteiger partial charge in [-0.3, -0.25) is 19.2 Å². The largest absolute Gasteiger partial charge is 0.481 e. The summed E-state index contributed by atoms with van der Waals surface area (Å²) < 4.78 is 4.25. The van der Waals surface area contributed by atoms with Crippen molar-refractivity contribution in [1.82, 2.24) is 15.5 Å². The number of ether oxygens (including phenoxy) is 1. The van der Waals surface area contributed by atoms with Gasteiger partial charge in [-0.15, -0.1) is 0 Å². The third-order valence-electron chi connectivity index (χ3n) is 4.67. The van der Waals surface area contributed by atoms with Crippen LogP contribution in [0, 0.1) is 0 Å². The van der Waals surface area contributed by atoms with Gasteiger partial charge in [0, 0.05) is 40.1 Å². The molecule has 13 heteroatoms. The summed E-state index contributed by atoms with van der Waals surface area (Å²) in [7, 11) is 2.74. The molecule has 13 nitrogen and oxygen atoms in total. The molecule has 0 aliphatic rings. The number of nitrogens with zero attached hydrogens (tertiary/aromatic N) is 1. The van der Waals surface area contributed by atoms with E-state index in [4.69, 9.17) is 15.3 Å². The Balaban J connectivity index is -0.000000621. The van der Waals surface area contributed by atoms with Crippen molar-refractivity contribution in [2.45, 2.75) is 65.3 Å². The number of amides is 3. The summed E-state index contributed by atoms with van der Waals surface area (Å²) in [5, 5.41) is 28.7. The SMILES string of the molecule is CC.CCCCNC(=O)CCN(C)C(=O)Cc1ccccc1.CO.O=CCOC(=O)NC(CCC(=O)O)C(=O)O. The average Bonchev–Trinajstić information content (AvgIpc) is 2.95. The number of benzene rings is 1. The third-order valence-corrected chi connectivity index (χ3v) is 4.67. The number of carbonyl (C=O) groups is 6. The number of aliphatic hydroxyl groups is 1. The van der Waals surface area contributed by atoms with Crippen LogP contribution >= 0.6 is 0 Å². The molecule has 0 heterocycles. The number of aliphatic hydroxyl groups excluding tert-OH is 1. The molecule has 5 N–H and O–H groups in total. The number of aldehydes is 1. The van der Waals surface area contributed by atoms with E-state index in [9.17, 15) is 28.8 Å². The predicted octanol–water partition coefficient (Wildman–Crippen LogP) is 1.86. The molecule has 0 bridgehead atoms. The molecule has 1 aromatic carbocycles. The zero-order chi connectivity index (χ0) is 31.3. The van der Waals surface area contributed by atoms with Crippen molar-refractivity contribution in [2.24, 2.45) is 0 Å². The lowest BCUT2D eigenvalue weighted by Crippen LogP contribution is -2.41. The topological polar surface area (TPSA) is 200 Å². The standard InChI is InChI=1S/C16H24N2O2.C8H11NO7.C2H6.CH4O/c1-3-4-11-17-15(19)10-12-18(2)16(20)13-14-8-6-5-7-9-14;10-3-4-16-8(15)9-5(7(13)14)1-2-6(11)12;2*1-2/h5-9H,3-4,10-13H2,1-2H3,(H,17,19);3,5H,1-2,4H2,(H,9,15)(H,11,12)(H,13,14);1-2H3;2H,1H3. The smallest absolute Gasteiger partial charge is 0.408 e. The summed E-state index contributed by atoms with van der Waals surface area (Å²) in [5.41, 5.74) is 0.997. The maximum Gasteiger partial charge on any atom is 0.408 e. The molecule has 228 valence electrons. The minimum Gasteiger partial charge on any atom is -0.481 e. The van der Waals surface area contributed by atoms with Crippen LogP contribution < -0.4 is 10.6 Å². The zero-order valence-corrected chi connectivity index (χ0v) is 24.1. The van der Waals surface area contributed by atoms with Gasteiger partial charge in [-0.05, 0) is 18.4 Å². The van der Waals surface area contributed by atoms with Gasteiger partial charge in [0.2, 0.25) is 11.8 Å². The molecule has 0 saturated heterocycles. The van der Waals surface area contributed by atoms with Crippen LogP contribution in [0.1, 0.15) is 58.4 Å². The number of likely N-dealkylation sites (N-methyl/N-ethyl adjacent to an activating group) is 1. The first kappa shape index (κ1) is 40.5. The first-order valence-electron chi connectivity index (χ1n) is 12.9. The van der Waals surface area contributed by atoms with Crippen LogP contribution in [-0.4, -0.2) is 96.2 Å². The molecular formula is C27H45N3O10. The Bertz CT molecular complexity index is 850. The fourth-order valence-electron chi connectivity index (χ4n) is 2.61. The Hall–Kier alpha value is -4.00. The molecule has 0 saturated carbocycles. The first-order chi connectivity index (χ1) is 19.1. The third kappa shape index (κ3) is 24.3. The number of unbranched alkanes of at least 4 members (excludes halogenated alkanes) is 1. The molecule has 0 spiro atoms. The van der Waals surface area contributed by atoms with E-state index in [0.717, 1.165) is 32.1 Å². The summed E-state index contributed by atoms with van der Waals surface area (Å²) in [6.45, 7) is 6.78. The van der Waals surface area contributed by atoms with E-state index in [1.165, 1.54) is 0 Å². The van der Waals surface area contributed by atoms with E-state index in [-0.39, 0.29) is 18.2 Å². The van der Waals surface area contributed by atoms with Gasteiger partial charge in [-0.25, -0.2) is 9.59 Å². The molecule has 0 radical (unpaired) electrons. The predicted molar refractivity (Wildman–Crippen MR) is 149 cm³/mol. The highest BCUT2D eigenvalue weighted by atomic mass is 16.5. The molecule has 3 amide bonds. The van der Waals surface area contributed by atoms with Crippen molar-refractivity contribution >= 4 is 36.1 Å². The van der Waals surface area contributed by atoms with E-state index >= 15 is 0 Å². The Morgan fingerprint density at radius 2 is 1.62 bits per heavy atom. The molecule has 0 aliphatic heterocycles. The van der Waals surface area contributed by atoms with Crippen LogP contribution in [0.25, 0.3) is 0 Å². The van der Waals surface area contributed by atoms with E-state index in [0.29, 0.717) is 25.7 Å². The molecule has 1 rings (SSSR count). The number of carboxylic acid groups (broad SMARTS) is 2. The van der Waals surface area contributed by atoms with Crippen LogP contribution in [0.5, 0.6) is 0 Å². The van der Waals surface area contributed by atoms with Crippen molar-refractivity contribution in [2.75, 3.05) is 33.9 Å². The first-order valence-corrected chi connectivity index (χ1v) is 12.9. The van der Waals surface area contributed by atoms with Crippen LogP contribution in [0.4, 0.5) is 4.79 Å². The number of alkyl carbamates (subject to hydrolysis) is 1. The fourth-order valence-corrected chi connectivity index (χ4v) is 2.61. The molecule has 0 aromatic heterocycles. The maximum absolute atomic E-state index is 12.0. The molecular weight excluding hydrogens is 526 g/mol. The minimum atomic E-state index is -1.37. The Morgan fingerprint density at radius 1 is 1.02 bits per heavy atom. The van der Waals surface area contributed by atoms with Gasteiger partial charge in [0.15, 0.2) is 6.29 Å². The lowest BCUT2D eigenvalue weighted by atomic mass is 10.1. The lowest BCUT2D eigenvalue weighted by molar-refractivity contribution is -0.140. The Morgan fingerprint density at radius 3 is 2.12 bits per heavy atom. The van der Waals surface area contributed by atoms with E-state index < -0.39 is 37.1 Å². The van der Waals surface area contributed by atoms with E-state index in [1.54, 1.807) is 11.9 Å². The van der Waals surface area contributed by atoms with Crippen molar-refractivity contribution in [1.29, 1.82) is 0 Å².